The second-order valence-electron chi connectivity index (χ2n) is 8.43. The number of hydrogen-bond acceptors (Lipinski definition) is 7. The molecule has 2 heterocycles. The monoisotopic (exact) mass is 492 g/mol. The molecule has 37 heavy (non-hydrogen) atoms. The van der Waals surface area contributed by atoms with Gasteiger partial charge in [0, 0.05) is 6.42 Å². The second kappa shape index (κ2) is 9.87. The molecule has 1 atom stereocenters. The number of aromatic nitrogens is 2. The van der Waals surface area contributed by atoms with Crippen LogP contribution >= 0.6 is 0 Å². The lowest BCUT2D eigenvalue weighted by molar-refractivity contribution is -0.150. The van der Waals surface area contributed by atoms with Crippen molar-refractivity contribution in [2.24, 2.45) is 0 Å². The zero-order valence-corrected chi connectivity index (χ0v) is 19.5. The summed E-state index contributed by atoms with van der Waals surface area (Å²) in [6.07, 6.45) is 0.0429. The van der Waals surface area contributed by atoms with E-state index < -0.39 is 36.0 Å². The van der Waals surface area contributed by atoms with Crippen molar-refractivity contribution in [1.82, 2.24) is 14.5 Å². The van der Waals surface area contributed by atoms with E-state index in [0.717, 1.165) is 15.0 Å². The van der Waals surface area contributed by atoms with Crippen molar-refractivity contribution in [2.75, 3.05) is 0 Å². The van der Waals surface area contributed by atoms with Crippen LogP contribution < -0.4 is 5.56 Å². The van der Waals surface area contributed by atoms with Crippen LogP contribution in [0, 0.1) is 11.3 Å². The van der Waals surface area contributed by atoms with Crippen LogP contribution in [0.3, 0.4) is 0 Å². The summed E-state index contributed by atoms with van der Waals surface area (Å²) in [4.78, 5) is 58.0. The minimum Gasteiger partial charge on any atom is -0.456 e. The highest BCUT2D eigenvalue weighted by Crippen LogP contribution is 2.26. The van der Waals surface area contributed by atoms with E-state index in [1.54, 1.807) is 72.8 Å². The van der Waals surface area contributed by atoms with Gasteiger partial charge < -0.3 is 4.74 Å². The molecule has 1 aliphatic rings. The van der Waals surface area contributed by atoms with E-state index in [9.17, 15) is 24.4 Å². The molecule has 0 radical (unpaired) electrons. The van der Waals surface area contributed by atoms with E-state index in [2.05, 4.69) is 4.98 Å². The first kappa shape index (κ1) is 23.6. The third-order valence-electron chi connectivity index (χ3n) is 6.19. The molecule has 3 aromatic carbocycles. The number of hydrogen-bond donors (Lipinski definition) is 0. The van der Waals surface area contributed by atoms with Crippen LogP contribution in [0.2, 0.25) is 0 Å². The third kappa shape index (κ3) is 4.36. The first-order valence-electron chi connectivity index (χ1n) is 11.5. The lowest BCUT2D eigenvalue weighted by atomic mass is 10.0. The number of rotatable bonds is 7. The van der Waals surface area contributed by atoms with Gasteiger partial charge in [-0.1, -0.05) is 54.6 Å². The summed E-state index contributed by atoms with van der Waals surface area (Å²) in [7, 11) is 0. The minimum atomic E-state index is -1.24. The summed E-state index contributed by atoms with van der Waals surface area (Å²) in [5.41, 5.74) is 1.13. The summed E-state index contributed by atoms with van der Waals surface area (Å²) in [5.74, 6) is -1.91. The van der Waals surface area contributed by atoms with Gasteiger partial charge in [-0.25, -0.2) is 9.78 Å². The standard InChI is InChI=1S/C28H20N4O5/c29-14-15-31-24(30-22-13-7-6-12-21(22)25(31)33)17-37-28(36)23(16-18-8-2-1-3-9-18)32-26(34)19-10-4-5-11-20(19)27(32)35/h1-13,23H,15-17H2. The van der Waals surface area contributed by atoms with E-state index >= 15 is 0 Å². The van der Waals surface area contributed by atoms with Gasteiger partial charge in [0.25, 0.3) is 17.4 Å². The van der Waals surface area contributed by atoms with Crippen LogP contribution in [-0.2, 0) is 29.1 Å². The number of carbonyl (C=O) groups is 3. The van der Waals surface area contributed by atoms with Gasteiger partial charge in [0.1, 0.15) is 19.2 Å². The maximum atomic E-state index is 13.4. The Hall–Kier alpha value is -5.10. The van der Waals surface area contributed by atoms with Gasteiger partial charge in [0.15, 0.2) is 5.82 Å². The largest absolute Gasteiger partial charge is 0.456 e. The highest BCUT2D eigenvalue weighted by Gasteiger charge is 2.43. The molecule has 2 amide bonds. The molecule has 0 spiro atoms. The number of amides is 2. The van der Waals surface area contributed by atoms with E-state index in [1.807, 2.05) is 12.1 Å². The van der Waals surface area contributed by atoms with Gasteiger partial charge in [-0.15, -0.1) is 0 Å². The molecule has 0 aliphatic carbocycles. The van der Waals surface area contributed by atoms with Crippen LogP contribution in [0.1, 0.15) is 32.1 Å². The van der Waals surface area contributed by atoms with Crippen LogP contribution in [0.4, 0.5) is 0 Å². The topological polar surface area (TPSA) is 122 Å². The minimum absolute atomic E-state index is 0.0429. The molecular formula is C28H20N4O5. The van der Waals surface area contributed by atoms with Crippen molar-refractivity contribution in [3.05, 3.63) is 112 Å². The Kier molecular flexibility index (Phi) is 6.31. The van der Waals surface area contributed by atoms with Gasteiger partial charge >= 0.3 is 5.97 Å². The van der Waals surface area contributed by atoms with Crippen LogP contribution in [-0.4, -0.2) is 38.3 Å². The molecule has 5 rings (SSSR count). The number of benzene rings is 3. The van der Waals surface area contributed by atoms with Crippen LogP contribution in [0.15, 0.2) is 83.7 Å². The number of fused-ring (bicyclic) bond motifs is 2. The Morgan fingerprint density at radius 1 is 0.892 bits per heavy atom. The van der Waals surface area contributed by atoms with Crippen molar-refractivity contribution >= 4 is 28.7 Å². The summed E-state index contributed by atoms with van der Waals surface area (Å²) in [5, 5.41) is 9.57. The molecule has 9 heteroatoms. The number of carbonyl (C=O) groups excluding carboxylic acids is 3. The average Bonchev–Trinajstić information content (AvgIpc) is 3.18. The number of nitriles is 1. The number of ether oxygens (including phenoxy) is 1. The zero-order chi connectivity index (χ0) is 25.9. The van der Waals surface area contributed by atoms with Gasteiger partial charge in [0.05, 0.1) is 28.1 Å². The predicted molar refractivity (Wildman–Crippen MR) is 132 cm³/mol. The highest BCUT2D eigenvalue weighted by molar-refractivity contribution is 6.22. The zero-order valence-electron chi connectivity index (χ0n) is 19.5. The van der Waals surface area contributed by atoms with Gasteiger partial charge in [-0.3, -0.25) is 23.9 Å². The van der Waals surface area contributed by atoms with Gasteiger partial charge in [0.2, 0.25) is 0 Å². The average molecular weight is 492 g/mol. The summed E-state index contributed by atoms with van der Waals surface area (Å²) in [6.45, 7) is -0.704. The van der Waals surface area contributed by atoms with Crippen molar-refractivity contribution in [2.45, 2.75) is 25.6 Å². The Morgan fingerprint density at radius 2 is 1.51 bits per heavy atom. The van der Waals surface area contributed by atoms with E-state index in [1.165, 1.54) is 0 Å². The molecular weight excluding hydrogens is 472 g/mol. The normalized spacial score (nSPS) is 13.3. The molecule has 0 N–H and O–H groups in total. The van der Waals surface area contributed by atoms with Gasteiger partial charge in [-0.2, -0.15) is 5.26 Å². The van der Waals surface area contributed by atoms with E-state index in [0.29, 0.717) is 10.9 Å². The number of para-hydroxylation sites is 1. The SMILES string of the molecule is N#CCn1c(COC(=O)C(Cc2ccccc2)N2C(=O)c3ccccc3C2=O)nc2ccccc2c1=O. The van der Waals surface area contributed by atoms with Crippen molar-refractivity contribution in [3.8, 4) is 6.07 Å². The molecule has 0 fully saturated rings. The molecule has 0 saturated heterocycles. The third-order valence-corrected chi connectivity index (χ3v) is 6.19. The quantitative estimate of drug-likeness (QED) is 0.287. The number of nitrogens with zero attached hydrogens (tertiary/aromatic N) is 4. The molecule has 0 saturated carbocycles. The van der Waals surface area contributed by atoms with Crippen LogP contribution in [0.25, 0.3) is 10.9 Å². The predicted octanol–water partition coefficient (Wildman–Crippen LogP) is 2.87. The Labute approximate surface area is 211 Å². The van der Waals surface area contributed by atoms with Crippen molar-refractivity contribution in [1.29, 1.82) is 5.26 Å². The maximum absolute atomic E-state index is 13.4. The summed E-state index contributed by atoms with van der Waals surface area (Å²) in [6, 6.07) is 22.7. The fourth-order valence-electron chi connectivity index (χ4n) is 4.40. The number of imide groups is 1. The first-order chi connectivity index (χ1) is 18.0. The molecule has 0 bridgehead atoms. The smallest absolute Gasteiger partial charge is 0.330 e. The summed E-state index contributed by atoms with van der Waals surface area (Å²) >= 11 is 0. The van der Waals surface area contributed by atoms with E-state index in [-0.39, 0.29) is 29.9 Å². The fraction of sp³-hybridized carbons (Fsp3) is 0.143. The maximum Gasteiger partial charge on any atom is 0.330 e. The Bertz CT molecular complexity index is 1600. The van der Waals surface area contributed by atoms with Crippen molar-refractivity contribution in [3.63, 3.8) is 0 Å². The Morgan fingerprint density at radius 3 is 2.19 bits per heavy atom. The molecule has 1 aromatic heterocycles. The van der Waals surface area contributed by atoms with Gasteiger partial charge in [-0.05, 0) is 29.8 Å². The van der Waals surface area contributed by atoms with E-state index in [4.69, 9.17) is 4.74 Å². The Balaban J connectivity index is 1.47. The lowest BCUT2D eigenvalue weighted by Crippen LogP contribution is -2.47. The highest BCUT2D eigenvalue weighted by atomic mass is 16.5. The lowest BCUT2D eigenvalue weighted by Gasteiger charge is -2.25. The number of esters is 1. The second-order valence-corrected chi connectivity index (χ2v) is 8.43. The molecule has 1 unspecified atom stereocenters. The van der Waals surface area contributed by atoms with Crippen LogP contribution in [0.5, 0.6) is 0 Å². The fourth-order valence-corrected chi connectivity index (χ4v) is 4.40. The molecule has 182 valence electrons. The summed E-state index contributed by atoms with van der Waals surface area (Å²) < 4.78 is 6.69. The molecule has 9 nitrogen and oxygen atoms in total. The first-order valence-corrected chi connectivity index (χ1v) is 11.5. The molecule has 4 aromatic rings. The molecule has 1 aliphatic heterocycles. The van der Waals surface area contributed by atoms with Crippen molar-refractivity contribution < 1.29 is 19.1 Å².